The van der Waals surface area contributed by atoms with E-state index in [2.05, 4.69) is 10.5 Å². The quantitative estimate of drug-likeness (QED) is 0.769. The molecule has 0 amide bonds. The van der Waals surface area contributed by atoms with Crippen molar-refractivity contribution in [3.05, 3.63) is 4.91 Å². The van der Waals surface area contributed by atoms with Gasteiger partial charge in [-0.25, -0.2) is 0 Å². The van der Waals surface area contributed by atoms with E-state index in [1.54, 1.807) is 0 Å². The van der Waals surface area contributed by atoms with Crippen LogP contribution in [0.3, 0.4) is 0 Å². The van der Waals surface area contributed by atoms with Crippen molar-refractivity contribution in [1.82, 2.24) is 5.32 Å². The Balaban J connectivity index is 1.61. The van der Waals surface area contributed by atoms with Gasteiger partial charge in [0.05, 0.1) is 6.04 Å². The zero-order valence-electron chi connectivity index (χ0n) is 13.0. The first kappa shape index (κ1) is 14.1. The molecule has 21 heavy (non-hydrogen) atoms. The lowest BCUT2D eigenvalue weighted by molar-refractivity contribution is 0.0914. The van der Waals surface area contributed by atoms with Gasteiger partial charge in [-0.15, -0.1) is 0 Å². The van der Waals surface area contributed by atoms with Crippen molar-refractivity contribution in [2.24, 2.45) is 34.1 Å². The van der Waals surface area contributed by atoms with Crippen LogP contribution in [0.5, 0.6) is 0 Å². The summed E-state index contributed by atoms with van der Waals surface area (Å²) in [4.78, 5) is 11.1. The number of hydrogen-bond donors (Lipinski definition) is 2. The fourth-order valence-electron chi connectivity index (χ4n) is 6.37. The average molecular weight is 291 g/mol. The second-order valence-electron chi connectivity index (χ2n) is 8.25. The Morgan fingerprint density at radius 3 is 2.62 bits per heavy atom. The van der Waals surface area contributed by atoms with Crippen LogP contribution in [0.4, 0.5) is 0 Å². The monoisotopic (exact) mass is 291 g/mol. The minimum Gasteiger partial charge on any atom is -0.327 e. The maximum absolute atomic E-state index is 11.1. The summed E-state index contributed by atoms with van der Waals surface area (Å²) in [6, 6.07) is 1.19. The van der Waals surface area contributed by atoms with E-state index < -0.39 is 0 Å². The van der Waals surface area contributed by atoms with Crippen LogP contribution in [0.2, 0.25) is 0 Å². The molecule has 0 radical (unpaired) electrons. The van der Waals surface area contributed by atoms with E-state index in [1.807, 2.05) is 0 Å². The zero-order chi connectivity index (χ0) is 14.4. The minimum absolute atomic E-state index is 0.0745. The molecule has 4 nitrogen and oxygen atoms in total. The number of nitrogens with two attached hydrogens (primary N) is 1. The van der Waals surface area contributed by atoms with Crippen LogP contribution in [0, 0.1) is 28.1 Å². The van der Waals surface area contributed by atoms with E-state index in [0.717, 1.165) is 31.1 Å². The van der Waals surface area contributed by atoms with Gasteiger partial charge in [-0.3, -0.25) is 0 Å². The van der Waals surface area contributed by atoms with E-state index in [0.29, 0.717) is 23.4 Å². The average Bonchev–Trinajstić information content (AvgIpc) is 2.83. The number of nitroso groups, excluding NO2 is 1. The van der Waals surface area contributed by atoms with E-state index in [4.69, 9.17) is 5.73 Å². The SMILES string of the molecule is NC1CC2(C3CCN3)CC3CC(N=O)CCCCC1C2C3. The molecule has 0 aromatic rings. The molecule has 4 aliphatic rings. The highest BCUT2D eigenvalue weighted by atomic mass is 16.3. The van der Waals surface area contributed by atoms with Crippen molar-refractivity contribution in [2.45, 2.75) is 75.9 Å². The summed E-state index contributed by atoms with van der Waals surface area (Å²) in [5, 5.41) is 7.12. The van der Waals surface area contributed by atoms with Crippen molar-refractivity contribution < 1.29 is 0 Å². The lowest BCUT2D eigenvalue weighted by Gasteiger charge is -2.45. The molecule has 3 N–H and O–H groups in total. The first-order chi connectivity index (χ1) is 10.2. The van der Waals surface area contributed by atoms with Gasteiger partial charge in [-0.2, -0.15) is 4.91 Å². The zero-order valence-corrected chi connectivity index (χ0v) is 13.0. The van der Waals surface area contributed by atoms with Crippen LogP contribution in [-0.4, -0.2) is 24.7 Å². The molecule has 3 saturated carbocycles. The van der Waals surface area contributed by atoms with Crippen molar-refractivity contribution >= 4 is 0 Å². The largest absolute Gasteiger partial charge is 0.327 e. The number of rotatable bonds is 2. The summed E-state index contributed by atoms with van der Waals surface area (Å²) < 4.78 is 0. The first-order valence-electron chi connectivity index (χ1n) is 9.04. The fraction of sp³-hybridized carbons (Fsp3) is 1.00. The molecule has 1 aliphatic heterocycles. The molecular weight excluding hydrogens is 262 g/mol. The van der Waals surface area contributed by atoms with Crippen LogP contribution in [0.25, 0.3) is 0 Å². The van der Waals surface area contributed by atoms with E-state index >= 15 is 0 Å². The molecule has 0 spiro atoms. The van der Waals surface area contributed by atoms with E-state index in [9.17, 15) is 4.91 Å². The van der Waals surface area contributed by atoms with Crippen molar-refractivity contribution in [1.29, 1.82) is 0 Å². The van der Waals surface area contributed by atoms with Crippen molar-refractivity contribution in [3.8, 4) is 0 Å². The van der Waals surface area contributed by atoms with Gasteiger partial charge in [-0.05, 0) is 74.7 Å². The summed E-state index contributed by atoms with van der Waals surface area (Å²) in [5.74, 6) is 2.26. The maximum atomic E-state index is 11.1. The Morgan fingerprint density at radius 2 is 1.90 bits per heavy atom. The fourth-order valence-corrected chi connectivity index (χ4v) is 6.37. The number of hydrogen-bond acceptors (Lipinski definition) is 4. The molecular formula is C17H29N3O. The minimum atomic E-state index is 0.0745. The molecule has 4 rings (SSSR count). The third kappa shape index (κ3) is 2.17. The summed E-state index contributed by atoms with van der Waals surface area (Å²) in [7, 11) is 0. The molecule has 1 heterocycles. The highest BCUT2D eigenvalue weighted by Gasteiger charge is 2.61. The molecule has 4 fully saturated rings. The van der Waals surface area contributed by atoms with Crippen molar-refractivity contribution in [2.75, 3.05) is 6.54 Å². The van der Waals surface area contributed by atoms with Gasteiger partial charge < -0.3 is 11.1 Å². The predicted octanol–water partition coefficient (Wildman–Crippen LogP) is 2.81. The summed E-state index contributed by atoms with van der Waals surface area (Å²) >= 11 is 0. The lowest BCUT2D eigenvalue weighted by Crippen LogP contribution is -2.55. The molecule has 0 aromatic heterocycles. The molecule has 7 unspecified atom stereocenters. The molecule has 7 atom stereocenters. The summed E-state index contributed by atoms with van der Waals surface area (Å²) in [6.07, 6.45) is 10.9. The first-order valence-corrected chi connectivity index (χ1v) is 9.04. The van der Waals surface area contributed by atoms with Crippen LogP contribution in [0.1, 0.15) is 57.8 Å². The van der Waals surface area contributed by atoms with Crippen LogP contribution in [-0.2, 0) is 0 Å². The third-order valence-corrected chi connectivity index (χ3v) is 7.27. The highest BCUT2D eigenvalue weighted by Crippen LogP contribution is 2.63. The summed E-state index contributed by atoms with van der Waals surface area (Å²) in [5.41, 5.74) is 7.02. The van der Waals surface area contributed by atoms with Crippen LogP contribution in [0.15, 0.2) is 5.18 Å². The predicted molar refractivity (Wildman–Crippen MR) is 83.8 cm³/mol. The van der Waals surface area contributed by atoms with E-state index in [1.165, 1.54) is 45.1 Å². The number of nitrogens with zero attached hydrogens (tertiary/aromatic N) is 1. The third-order valence-electron chi connectivity index (χ3n) is 7.27. The normalized spacial score (nSPS) is 53.2. The van der Waals surface area contributed by atoms with Crippen molar-refractivity contribution in [3.63, 3.8) is 0 Å². The Morgan fingerprint density at radius 1 is 1.10 bits per heavy atom. The summed E-state index contributed by atoms with van der Waals surface area (Å²) in [6.45, 7) is 1.18. The molecule has 2 bridgehead atoms. The second kappa shape index (κ2) is 5.31. The second-order valence-corrected chi connectivity index (χ2v) is 8.25. The van der Waals surface area contributed by atoms with Gasteiger partial charge in [-0.1, -0.05) is 18.0 Å². The topological polar surface area (TPSA) is 67.5 Å². The Labute approximate surface area is 127 Å². The van der Waals surface area contributed by atoms with Gasteiger partial charge in [0.2, 0.25) is 0 Å². The molecule has 118 valence electrons. The smallest absolute Gasteiger partial charge is 0.0922 e. The van der Waals surface area contributed by atoms with Gasteiger partial charge >= 0.3 is 0 Å². The molecule has 1 saturated heterocycles. The van der Waals surface area contributed by atoms with Gasteiger partial charge in [0.15, 0.2) is 0 Å². The Kier molecular flexibility index (Phi) is 3.57. The van der Waals surface area contributed by atoms with Gasteiger partial charge in [0.1, 0.15) is 0 Å². The highest BCUT2D eigenvalue weighted by molar-refractivity contribution is 5.14. The number of nitrogens with one attached hydrogen (secondary N) is 1. The lowest BCUT2D eigenvalue weighted by atomic mass is 9.68. The Hall–Kier alpha value is -0.480. The standard InChI is InChI=1S/C17H29N3O/c18-15-10-17(16-5-6-19-16)9-11-7-12(20-21)3-1-2-4-13(15)14(17)8-11/h11-16,19H,1-10,18H2. The maximum Gasteiger partial charge on any atom is 0.0922 e. The Bertz CT molecular complexity index is 411. The number of fused-ring (bicyclic) bond motifs is 1. The molecule has 4 heteroatoms. The van der Waals surface area contributed by atoms with Gasteiger partial charge in [0, 0.05) is 12.1 Å². The molecule has 0 aromatic carbocycles. The van der Waals surface area contributed by atoms with Crippen LogP contribution < -0.4 is 11.1 Å². The molecule has 3 aliphatic carbocycles. The van der Waals surface area contributed by atoms with E-state index in [-0.39, 0.29) is 6.04 Å². The van der Waals surface area contributed by atoms with Gasteiger partial charge in [0.25, 0.3) is 0 Å². The van der Waals surface area contributed by atoms with Crippen LogP contribution >= 0.6 is 0 Å².